The lowest BCUT2D eigenvalue weighted by molar-refractivity contribution is -0.139. The van der Waals surface area contributed by atoms with Crippen LogP contribution >= 0.6 is 11.6 Å². The van der Waals surface area contributed by atoms with Crippen molar-refractivity contribution >= 4 is 17.7 Å². The van der Waals surface area contributed by atoms with Crippen LogP contribution in [0.15, 0.2) is 36.4 Å². The molecule has 0 radical (unpaired) electrons. The van der Waals surface area contributed by atoms with Crippen LogP contribution in [0.2, 0.25) is 5.02 Å². The average Bonchev–Trinajstić information content (AvgIpc) is 2.51. The van der Waals surface area contributed by atoms with E-state index in [0.29, 0.717) is 33.7 Å². The zero-order chi connectivity index (χ0) is 18.8. The van der Waals surface area contributed by atoms with Crippen molar-refractivity contribution in [2.45, 2.75) is 39.3 Å². The lowest BCUT2D eigenvalue weighted by atomic mass is 9.93. The molecule has 0 saturated heterocycles. The van der Waals surface area contributed by atoms with E-state index in [4.69, 9.17) is 11.6 Å². The highest BCUT2D eigenvalue weighted by atomic mass is 35.5. The largest absolute Gasteiger partial charge is 0.399 e. The van der Waals surface area contributed by atoms with Crippen molar-refractivity contribution in [1.29, 1.82) is 0 Å². The second kappa shape index (κ2) is 7.61. The van der Waals surface area contributed by atoms with Crippen molar-refractivity contribution in [1.82, 2.24) is 0 Å². The van der Waals surface area contributed by atoms with Gasteiger partial charge in [0.25, 0.3) is 0 Å². The summed E-state index contributed by atoms with van der Waals surface area (Å²) in [5.41, 5.74) is 2.24. The Hall–Kier alpha value is -1.81. The van der Waals surface area contributed by atoms with Gasteiger partial charge in [0.05, 0.1) is 5.92 Å². The molecule has 134 valence electrons. The summed E-state index contributed by atoms with van der Waals surface area (Å²) in [5, 5.41) is 0.464. The molecule has 0 spiro atoms. The Morgan fingerprint density at radius 2 is 1.68 bits per heavy atom. The number of benzene rings is 2. The summed E-state index contributed by atoms with van der Waals surface area (Å²) in [6, 6.07) is 7.34. The molecule has 0 heterocycles. The molecule has 0 aromatic heterocycles. The summed E-state index contributed by atoms with van der Waals surface area (Å²) in [6.45, 7) is 5.17. The smallest absolute Gasteiger partial charge is 0.207 e. The minimum absolute atomic E-state index is 0.119. The highest BCUT2D eigenvalue weighted by molar-refractivity contribution is 6.32. The van der Waals surface area contributed by atoms with Gasteiger partial charge in [0.1, 0.15) is 5.82 Å². The topological polar surface area (TPSA) is 0 Å². The maximum atomic E-state index is 13.8. The SMILES string of the molecule is CCc1ccc(/C=C/C(c2cc(C)c(Cl)c(C)c2)C(F)(F)F)cc1F. The van der Waals surface area contributed by atoms with Crippen molar-refractivity contribution in [2.75, 3.05) is 0 Å². The molecule has 2 aromatic rings. The Bertz CT molecular complexity index is 768. The molecular formula is C20H19ClF4. The van der Waals surface area contributed by atoms with Crippen LogP contribution in [-0.2, 0) is 6.42 Å². The van der Waals surface area contributed by atoms with Crippen LogP contribution < -0.4 is 0 Å². The van der Waals surface area contributed by atoms with Crippen LogP contribution in [0.1, 0.15) is 40.7 Å². The summed E-state index contributed by atoms with van der Waals surface area (Å²) in [4.78, 5) is 0. The molecule has 0 N–H and O–H groups in total. The average molecular weight is 371 g/mol. The highest BCUT2D eigenvalue weighted by Crippen LogP contribution is 2.38. The monoisotopic (exact) mass is 370 g/mol. The van der Waals surface area contributed by atoms with E-state index in [1.807, 2.05) is 6.92 Å². The highest BCUT2D eigenvalue weighted by Gasteiger charge is 2.39. The standard InChI is InChI=1S/C20H19ClF4/c1-4-15-7-5-14(11-18(15)22)6-8-17(20(23,24)25)16-9-12(2)19(21)13(3)10-16/h5-11,17H,4H2,1-3H3/b8-6+. The van der Waals surface area contributed by atoms with E-state index < -0.39 is 17.9 Å². The lowest BCUT2D eigenvalue weighted by Gasteiger charge is -2.19. The zero-order valence-corrected chi connectivity index (χ0v) is 15.0. The second-order valence-corrected chi connectivity index (χ2v) is 6.43. The Kier molecular flexibility index (Phi) is 5.94. The van der Waals surface area contributed by atoms with Crippen LogP contribution in [0, 0.1) is 19.7 Å². The molecule has 1 atom stereocenters. The maximum absolute atomic E-state index is 13.8. The first-order valence-electron chi connectivity index (χ1n) is 7.93. The third-order valence-electron chi connectivity index (χ3n) is 4.11. The molecule has 1 unspecified atom stereocenters. The summed E-state index contributed by atoms with van der Waals surface area (Å²) in [7, 11) is 0. The van der Waals surface area contributed by atoms with E-state index in [-0.39, 0.29) is 5.56 Å². The second-order valence-electron chi connectivity index (χ2n) is 6.05. The minimum atomic E-state index is -4.45. The summed E-state index contributed by atoms with van der Waals surface area (Å²) in [5.74, 6) is -2.19. The van der Waals surface area contributed by atoms with Gasteiger partial charge in [0.2, 0.25) is 0 Å². The minimum Gasteiger partial charge on any atom is -0.207 e. The third-order valence-corrected chi connectivity index (χ3v) is 4.71. The van der Waals surface area contributed by atoms with Crippen molar-refractivity contribution in [3.8, 4) is 0 Å². The van der Waals surface area contributed by atoms with E-state index in [0.717, 1.165) is 6.08 Å². The number of halogens is 5. The van der Waals surface area contributed by atoms with Gasteiger partial charge in [-0.15, -0.1) is 0 Å². The molecule has 0 saturated carbocycles. The fourth-order valence-electron chi connectivity index (χ4n) is 2.73. The predicted octanol–water partition coefficient (Wildman–Crippen LogP) is 7.02. The van der Waals surface area contributed by atoms with Crippen molar-refractivity contribution in [3.05, 3.63) is 75.1 Å². The molecular weight excluding hydrogens is 352 g/mol. The maximum Gasteiger partial charge on any atom is 0.399 e. The Balaban J connectivity index is 2.41. The molecule has 0 fully saturated rings. The Morgan fingerprint density at radius 3 is 2.16 bits per heavy atom. The molecule has 0 aliphatic carbocycles. The molecule has 2 rings (SSSR count). The van der Waals surface area contributed by atoms with Gasteiger partial charge in [0, 0.05) is 5.02 Å². The van der Waals surface area contributed by atoms with Gasteiger partial charge >= 0.3 is 6.18 Å². The molecule has 0 aliphatic heterocycles. The van der Waals surface area contributed by atoms with Gasteiger partial charge in [-0.3, -0.25) is 0 Å². The van der Waals surface area contributed by atoms with Gasteiger partial charge in [0.15, 0.2) is 0 Å². The molecule has 5 heteroatoms. The molecule has 0 amide bonds. The first-order chi connectivity index (χ1) is 11.6. The molecule has 0 aliphatic rings. The quantitative estimate of drug-likeness (QED) is 0.507. The van der Waals surface area contributed by atoms with Crippen LogP contribution in [0.3, 0.4) is 0 Å². The summed E-state index contributed by atoms with van der Waals surface area (Å²) in [6.07, 6.45) is -1.56. The van der Waals surface area contributed by atoms with Crippen molar-refractivity contribution in [2.24, 2.45) is 0 Å². The van der Waals surface area contributed by atoms with Crippen LogP contribution in [0.25, 0.3) is 6.08 Å². The predicted molar refractivity (Wildman–Crippen MR) is 94.5 cm³/mol. The van der Waals surface area contributed by atoms with Gasteiger partial charge in [-0.05, 0) is 54.2 Å². The molecule has 0 nitrogen and oxygen atoms in total. The van der Waals surface area contributed by atoms with Crippen molar-refractivity contribution in [3.63, 3.8) is 0 Å². The summed E-state index contributed by atoms with van der Waals surface area (Å²) >= 11 is 6.05. The van der Waals surface area contributed by atoms with Gasteiger partial charge < -0.3 is 0 Å². The van der Waals surface area contributed by atoms with Crippen LogP contribution in [-0.4, -0.2) is 6.18 Å². The first kappa shape index (κ1) is 19.5. The number of hydrogen-bond donors (Lipinski definition) is 0. The van der Waals surface area contributed by atoms with Gasteiger partial charge in [-0.25, -0.2) is 4.39 Å². The van der Waals surface area contributed by atoms with E-state index in [1.165, 1.54) is 24.3 Å². The lowest BCUT2D eigenvalue weighted by Crippen LogP contribution is -2.19. The first-order valence-corrected chi connectivity index (χ1v) is 8.31. The normalized spacial score (nSPS) is 13.4. The van der Waals surface area contributed by atoms with Crippen molar-refractivity contribution < 1.29 is 17.6 Å². The summed E-state index contributed by atoms with van der Waals surface area (Å²) < 4.78 is 54.3. The fourth-order valence-corrected chi connectivity index (χ4v) is 2.84. The molecule has 25 heavy (non-hydrogen) atoms. The number of hydrogen-bond acceptors (Lipinski definition) is 0. The van der Waals surface area contributed by atoms with E-state index in [2.05, 4.69) is 0 Å². The van der Waals surface area contributed by atoms with E-state index >= 15 is 0 Å². The third kappa shape index (κ3) is 4.63. The Morgan fingerprint density at radius 1 is 1.08 bits per heavy atom. The number of alkyl halides is 3. The fraction of sp³-hybridized carbons (Fsp3) is 0.300. The zero-order valence-electron chi connectivity index (χ0n) is 14.2. The molecule has 2 aromatic carbocycles. The number of aryl methyl sites for hydroxylation is 3. The molecule has 0 bridgehead atoms. The number of rotatable bonds is 4. The van der Waals surface area contributed by atoms with Gasteiger partial charge in [-0.1, -0.05) is 54.9 Å². The van der Waals surface area contributed by atoms with E-state index in [1.54, 1.807) is 26.0 Å². The Labute approximate surface area is 150 Å². The van der Waals surface area contributed by atoms with Crippen LogP contribution in [0.4, 0.5) is 17.6 Å². The van der Waals surface area contributed by atoms with E-state index in [9.17, 15) is 17.6 Å². The van der Waals surface area contributed by atoms with Gasteiger partial charge in [-0.2, -0.15) is 13.2 Å². The number of allylic oxidation sites excluding steroid dienone is 1. The van der Waals surface area contributed by atoms with Crippen LogP contribution in [0.5, 0.6) is 0 Å².